The molecule has 5 heteroatoms. The van der Waals surface area contributed by atoms with E-state index in [1.54, 1.807) is 0 Å². The van der Waals surface area contributed by atoms with Crippen LogP contribution in [0.2, 0.25) is 0 Å². The van der Waals surface area contributed by atoms with Gasteiger partial charge >= 0.3 is 0 Å². The lowest BCUT2D eigenvalue weighted by molar-refractivity contribution is -0.121. The molecule has 0 radical (unpaired) electrons. The maximum atomic E-state index is 12.4. The van der Waals surface area contributed by atoms with Gasteiger partial charge in [-0.3, -0.25) is 0 Å². The van der Waals surface area contributed by atoms with Crippen LogP contribution >= 0.6 is 0 Å². The number of ether oxygens (including phenoxy) is 1. The number of aliphatic hydroxyl groups is 3. The first kappa shape index (κ1) is 7.87. The maximum Gasteiger partial charge on any atom is 0.189 e. The summed E-state index contributed by atoms with van der Waals surface area (Å²) in [5.74, 6) is 0. The number of alkyl halides is 1. The molecular weight excluding hydrogens is 143 g/mol. The van der Waals surface area contributed by atoms with Crippen molar-refractivity contribution in [2.45, 2.75) is 24.7 Å². The second-order valence-electron chi connectivity index (χ2n) is 2.18. The fraction of sp³-hybridized carbons (Fsp3) is 1.00. The van der Waals surface area contributed by atoms with Crippen LogP contribution in [0.15, 0.2) is 0 Å². The molecule has 1 fully saturated rings. The van der Waals surface area contributed by atoms with E-state index in [1.807, 2.05) is 0 Å². The van der Waals surface area contributed by atoms with Gasteiger partial charge in [0.05, 0.1) is 6.61 Å². The number of aliphatic hydroxyl groups excluding tert-OH is 3. The Bertz CT molecular complexity index is 120. The van der Waals surface area contributed by atoms with Gasteiger partial charge in [-0.25, -0.2) is 4.39 Å². The lowest BCUT2D eigenvalue weighted by Crippen LogP contribution is -2.30. The van der Waals surface area contributed by atoms with E-state index < -0.39 is 31.3 Å². The lowest BCUT2D eigenvalue weighted by atomic mass is 10.2. The molecule has 0 bridgehead atoms. The minimum atomic E-state index is -1.81. The molecule has 0 saturated carbocycles. The second-order valence-corrected chi connectivity index (χ2v) is 2.18. The summed E-state index contributed by atoms with van der Waals surface area (Å²) < 4.78 is 16.8. The van der Waals surface area contributed by atoms with Crippen LogP contribution in [0, 0.1) is 0 Å². The van der Waals surface area contributed by atoms with Gasteiger partial charge in [0.15, 0.2) is 12.5 Å². The van der Waals surface area contributed by atoms with Gasteiger partial charge in [-0.2, -0.15) is 0 Å². The average Bonchev–Trinajstić information content (AvgIpc) is 2.17. The van der Waals surface area contributed by atoms with Gasteiger partial charge in [0.1, 0.15) is 12.2 Å². The van der Waals surface area contributed by atoms with Crippen LogP contribution in [0.5, 0.6) is 0 Å². The fourth-order valence-electron chi connectivity index (χ4n) is 0.859. The standard InChI is InChI=1S/C5H9FO4/c6-3-4(8)2(1-7)10-5(3)9/h2-5,7-9H,1H2/t2-,3?,4-,5+/m1/s1. The van der Waals surface area contributed by atoms with Crippen molar-refractivity contribution < 1.29 is 24.4 Å². The molecule has 0 aromatic heterocycles. The predicted octanol–water partition coefficient (Wildman–Crippen LogP) is -1.61. The van der Waals surface area contributed by atoms with E-state index in [0.717, 1.165) is 0 Å². The Labute approximate surface area is 56.9 Å². The van der Waals surface area contributed by atoms with Crippen molar-refractivity contribution >= 4 is 0 Å². The van der Waals surface area contributed by atoms with Crippen molar-refractivity contribution in [1.29, 1.82) is 0 Å². The highest BCUT2D eigenvalue weighted by Crippen LogP contribution is 2.21. The molecule has 0 aromatic rings. The molecule has 1 unspecified atom stereocenters. The Morgan fingerprint density at radius 2 is 2.00 bits per heavy atom. The van der Waals surface area contributed by atoms with E-state index >= 15 is 0 Å². The van der Waals surface area contributed by atoms with Gasteiger partial charge in [0.2, 0.25) is 0 Å². The second kappa shape index (κ2) is 2.79. The van der Waals surface area contributed by atoms with E-state index in [-0.39, 0.29) is 0 Å². The monoisotopic (exact) mass is 152 g/mol. The number of hydrogen-bond donors (Lipinski definition) is 3. The molecule has 1 saturated heterocycles. The third kappa shape index (κ3) is 1.13. The van der Waals surface area contributed by atoms with E-state index in [9.17, 15) is 4.39 Å². The van der Waals surface area contributed by atoms with Crippen LogP contribution in [-0.4, -0.2) is 46.6 Å². The Kier molecular flexibility index (Phi) is 2.20. The van der Waals surface area contributed by atoms with Crippen molar-refractivity contribution in [1.82, 2.24) is 0 Å². The minimum absolute atomic E-state index is 0.487. The van der Waals surface area contributed by atoms with Crippen LogP contribution in [0.3, 0.4) is 0 Å². The van der Waals surface area contributed by atoms with Gasteiger partial charge in [-0.1, -0.05) is 0 Å². The Morgan fingerprint density at radius 3 is 2.20 bits per heavy atom. The molecule has 0 amide bonds. The smallest absolute Gasteiger partial charge is 0.189 e. The zero-order chi connectivity index (χ0) is 7.72. The first-order valence-corrected chi connectivity index (χ1v) is 2.93. The summed E-state index contributed by atoms with van der Waals surface area (Å²) in [7, 11) is 0. The van der Waals surface area contributed by atoms with Crippen molar-refractivity contribution in [2.75, 3.05) is 6.61 Å². The molecule has 3 N–H and O–H groups in total. The van der Waals surface area contributed by atoms with Crippen molar-refractivity contribution in [2.24, 2.45) is 0 Å². The average molecular weight is 152 g/mol. The fourth-order valence-corrected chi connectivity index (χ4v) is 0.859. The van der Waals surface area contributed by atoms with E-state index in [2.05, 4.69) is 4.74 Å². The van der Waals surface area contributed by atoms with Crippen LogP contribution in [0.4, 0.5) is 4.39 Å². The summed E-state index contributed by atoms with van der Waals surface area (Å²) in [5, 5.41) is 25.8. The molecule has 0 aromatic carbocycles. The van der Waals surface area contributed by atoms with E-state index in [0.29, 0.717) is 0 Å². The van der Waals surface area contributed by atoms with Crippen molar-refractivity contribution in [3.8, 4) is 0 Å². The van der Waals surface area contributed by atoms with Gasteiger partial charge in [0.25, 0.3) is 0 Å². The molecule has 4 nitrogen and oxygen atoms in total. The molecule has 1 aliphatic rings. The first-order chi connectivity index (χ1) is 4.66. The summed E-state index contributed by atoms with van der Waals surface area (Å²) in [5.41, 5.74) is 0. The van der Waals surface area contributed by atoms with Crippen LogP contribution in [0.25, 0.3) is 0 Å². The molecule has 0 aliphatic carbocycles. The minimum Gasteiger partial charge on any atom is -0.394 e. The van der Waals surface area contributed by atoms with Gasteiger partial charge in [-0.05, 0) is 0 Å². The molecule has 0 spiro atoms. The zero-order valence-electron chi connectivity index (χ0n) is 5.14. The maximum absolute atomic E-state index is 12.4. The Balaban J connectivity index is 2.53. The quantitative estimate of drug-likeness (QED) is 0.423. The van der Waals surface area contributed by atoms with Gasteiger partial charge < -0.3 is 20.1 Å². The number of hydrogen-bond acceptors (Lipinski definition) is 4. The summed E-state index contributed by atoms with van der Waals surface area (Å²) in [6.07, 6.45) is -5.82. The molecule has 1 rings (SSSR count). The summed E-state index contributed by atoms with van der Waals surface area (Å²) in [6.45, 7) is -0.487. The predicted molar refractivity (Wildman–Crippen MR) is 28.9 cm³/mol. The topological polar surface area (TPSA) is 69.9 Å². The lowest BCUT2D eigenvalue weighted by Gasteiger charge is -2.08. The Morgan fingerprint density at radius 1 is 1.40 bits per heavy atom. The molecule has 1 heterocycles. The summed E-state index contributed by atoms with van der Waals surface area (Å²) >= 11 is 0. The SMILES string of the molecule is OC[C@H]1O[C@H](O)C(F)[C@@H]1O. The van der Waals surface area contributed by atoms with Gasteiger partial charge in [-0.15, -0.1) is 0 Å². The van der Waals surface area contributed by atoms with E-state index in [4.69, 9.17) is 15.3 Å². The van der Waals surface area contributed by atoms with Crippen LogP contribution in [-0.2, 0) is 4.74 Å². The zero-order valence-corrected chi connectivity index (χ0v) is 5.14. The van der Waals surface area contributed by atoms with Gasteiger partial charge in [0, 0.05) is 0 Å². The van der Waals surface area contributed by atoms with Crippen molar-refractivity contribution in [3.63, 3.8) is 0 Å². The third-order valence-electron chi connectivity index (χ3n) is 1.47. The summed E-state index contributed by atoms with van der Waals surface area (Å²) in [6, 6.07) is 0. The summed E-state index contributed by atoms with van der Waals surface area (Å²) in [4.78, 5) is 0. The Hall–Kier alpha value is -0.230. The number of halogens is 1. The normalized spacial score (nSPS) is 48.0. The largest absolute Gasteiger partial charge is 0.394 e. The van der Waals surface area contributed by atoms with E-state index in [1.165, 1.54) is 0 Å². The highest BCUT2D eigenvalue weighted by atomic mass is 19.1. The van der Waals surface area contributed by atoms with Crippen molar-refractivity contribution in [3.05, 3.63) is 0 Å². The highest BCUT2D eigenvalue weighted by molar-refractivity contribution is 4.85. The van der Waals surface area contributed by atoms with Crippen LogP contribution in [0.1, 0.15) is 0 Å². The first-order valence-electron chi connectivity index (χ1n) is 2.93. The van der Waals surface area contributed by atoms with Crippen LogP contribution < -0.4 is 0 Å². The highest BCUT2D eigenvalue weighted by Gasteiger charge is 2.42. The molecule has 60 valence electrons. The molecule has 4 atom stereocenters. The molecule has 1 aliphatic heterocycles. The number of rotatable bonds is 1. The molecular formula is C5H9FO4. The molecule has 10 heavy (non-hydrogen) atoms. The third-order valence-corrected chi connectivity index (χ3v) is 1.47.